The van der Waals surface area contributed by atoms with Crippen molar-refractivity contribution >= 4 is 54.5 Å². The molecule has 196 valence electrons. The van der Waals surface area contributed by atoms with Crippen LogP contribution in [0.15, 0.2) is 146 Å². The van der Waals surface area contributed by atoms with Crippen molar-refractivity contribution in [2.45, 2.75) is 0 Å². The Morgan fingerprint density at radius 2 is 1.10 bits per heavy atom. The van der Waals surface area contributed by atoms with E-state index in [9.17, 15) is 0 Å². The summed E-state index contributed by atoms with van der Waals surface area (Å²) < 4.78 is 4.56. The van der Waals surface area contributed by atoms with Crippen molar-refractivity contribution in [2.75, 3.05) is 0 Å². The molecule has 0 aliphatic carbocycles. The number of benzene rings is 5. The van der Waals surface area contributed by atoms with E-state index in [4.69, 9.17) is 9.97 Å². The third-order valence-electron chi connectivity index (χ3n) is 8.35. The predicted octanol–water partition coefficient (Wildman–Crippen LogP) is 9.49. The molecule has 0 radical (unpaired) electrons. The summed E-state index contributed by atoms with van der Waals surface area (Å²) in [6, 6.07) is 49.2. The molecule has 4 nitrogen and oxygen atoms in total. The van der Waals surface area contributed by atoms with Crippen LogP contribution < -0.4 is 0 Å². The summed E-state index contributed by atoms with van der Waals surface area (Å²) in [5, 5.41) is 7.06. The number of hydrogen-bond acceptors (Lipinski definition) is 2. The lowest BCUT2D eigenvalue weighted by atomic mass is 10.1. The quantitative estimate of drug-likeness (QED) is 0.225. The minimum Gasteiger partial charge on any atom is -0.294 e. The van der Waals surface area contributed by atoms with Gasteiger partial charge in [-0.1, -0.05) is 91.0 Å². The minimum absolute atomic E-state index is 0.886. The van der Waals surface area contributed by atoms with Crippen molar-refractivity contribution in [3.8, 4) is 22.8 Å². The van der Waals surface area contributed by atoms with Crippen molar-refractivity contribution < 1.29 is 0 Å². The second-order valence-electron chi connectivity index (χ2n) is 10.7. The molecule has 0 fully saturated rings. The molecule has 0 amide bonds. The first-order valence-electron chi connectivity index (χ1n) is 14.2. The Morgan fingerprint density at radius 3 is 1.93 bits per heavy atom. The molecule has 0 N–H and O–H groups in total. The Hall–Kier alpha value is -5.74. The van der Waals surface area contributed by atoms with Crippen LogP contribution >= 0.6 is 0 Å². The lowest BCUT2D eigenvalue weighted by molar-refractivity contribution is 1.06. The van der Waals surface area contributed by atoms with E-state index in [-0.39, 0.29) is 0 Å². The Bertz CT molecular complexity index is 2470. The molecule has 0 atom stereocenters. The van der Waals surface area contributed by atoms with Crippen LogP contribution in [0.2, 0.25) is 0 Å². The van der Waals surface area contributed by atoms with Crippen molar-refractivity contribution in [1.82, 2.24) is 19.1 Å². The van der Waals surface area contributed by atoms with E-state index in [1.165, 1.54) is 21.5 Å². The van der Waals surface area contributed by atoms with Gasteiger partial charge in [0.15, 0.2) is 0 Å². The molecule has 0 saturated heterocycles. The SMILES string of the molecule is c1ccc(-n2c3ccccc3c3ccc(-n4c5ccccc5c5ccc(-c6cc7ccccc7cn6)cc54)nc32)cc1. The van der Waals surface area contributed by atoms with Gasteiger partial charge in [0.25, 0.3) is 0 Å². The number of pyridine rings is 2. The number of hydrogen-bond donors (Lipinski definition) is 0. The van der Waals surface area contributed by atoms with Crippen LogP contribution in [0.25, 0.3) is 77.3 Å². The zero-order chi connectivity index (χ0) is 27.6. The average molecular weight is 537 g/mol. The van der Waals surface area contributed by atoms with Crippen LogP contribution in [0.3, 0.4) is 0 Å². The molecule has 0 bridgehead atoms. The molecule has 42 heavy (non-hydrogen) atoms. The van der Waals surface area contributed by atoms with Gasteiger partial charge < -0.3 is 0 Å². The minimum atomic E-state index is 0.886. The Kier molecular flexibility index (Phi) is 4.87. The molecule has 4 heteroatoms. The molecule has 0 aliphatic rings. The fourth-order valence-corrected chi connectivity index (χ4v) is 6.41. The fraction of sp³-hybridized carbons (Fsp3) is 0. The second-order valence-corrected chi connectivity index (χ2v) is 10.7. The highest BCUT2D eigenvalue weighted by Crippen LogP contribution is 2.36. The molecule has 9 aromatic rings. The maximum atomic E-state index is 5.39. The van der Waals surface area contributed by atoms with Gasteiger partial charge in [-0.15, -0.1) is 0 Å². The average Bonchev–Trinajstić information content (AvgIpc) is 3.57. The summed E-state index contributed by atoms with van der Waals surface area (Å²) in [6.07, 6.45) is 1.96. The van der Waals surface area contributed by atoms with Crippen LogP contribution in [0, 0.1) is 0 Å². The molecule has 5 aromatic carbocycles. The molecule has 0 unspecified atom stereocenters. The lowest BCUT2D eigenvalue weighted by Crippen LogP contribution is -2.00. The molecule has 0 aliphatic heterocycles. The molecule has 4 heterocycles. The number of aromatic nitrogens is 4. The third-order valence-corrected chi connectivity index (χ3v) is 8.35. The summed E-state index contributed by atoms with van der Waals surface area (Å²) in [5.74, 6) is 0.886. The highest BCUT2D eigenvalue weighted by atomic mass is 15.1. The van der Waals surface area contributed by atoms with Gasteiger partial charge in [-0.3, -0.25) is 14.1 Å². The lowest BCUT2D eigenvalue weighted by Gasteiger charge is -2.11. The first-order valence-corrected chi connectivity index (χ1v) is 14.2. The highest BCUT2D eigenvalue weighted by molar-refractivity contribution is 6.11. The van der Waals surface area contributed by atoms with Crippen LogP contribution in [0.1, 0.15) is 0 Å². The summed E-state index contributed by atoms with van der Waals surface area (Å²) in [6.45, 7) is 0. The molecule has 4 aromatic heterocycles. The number of fused-ring (bicyclic) bond motifs is 7. The maximum Gasteiger partial charge on any atom is 0.148 e. The first kappa shape index (κ1) is 23.0. The Labute approximate surface area is 241 Å². The van der Waals surface area contributed by atoms with Gasteiger partial charge in [0.1, 0.15) is 11.5 Å². The Morgan fingerprint density at radius 1 is 0.452 bits per heavy atom. The second kappa shape index (κ2) is 8.88. The van der Waals surface area contributed by atoms with E-state index in [1.54, 1.807) is 0 Å². The van der Waals surface area contributed by atoms with E-state index in [1.807, 2.05) is 6.20 Å². The monoisotopic (exact) mass is 536 g/mol. The third kappa shape index (κ3) is 3.36. The van der Waals surface area contributed by atoms with Crippen LogP contribution in [-0.4, -0.2) is 19.1 Å². The standard InChI is InChI=1S/C38H24N4/c1-2-12-28(13-3-1)41-34-16-8-7-15-30(34)32-20-21-37(40-38(32)41)42-35-17-9-6-14-29(35)31-19-18-26(23-36(31)42)33-22-25-10-4-5-11-27(25)24-39-33/h1-24H. The molecular weight excluding hydrogens is 512 g/mol. The highest BCUT2D eigenvalue weighted by Gasteiger charge is 2.18. The van der Waals surface area contributed by atoms with Gasteiger partial charge in [0.05, 0.1) is 22.2 Å². The van der Waals surface area contributed by atoms with Gasteiger partial charge in [-0.25, -0.2) is 4.98 Å². The van der Waals surface area contributed by atoms with Crippen LogP contribution in [0.4, 0.5) is 0 Å². The van der Waals surface area contributed by atoms with E-state index in [2.05, 4.69) is 149 Å². The summed E-state index contributed by atoms with van der Waals surface area (Å²) in [5.41, 5.74) is 7.47. The fourth-order valence-electron chi connectivity index (χ4n) is 6.41. The van der Waals surface area contributed by atoms with E-state index >= 15 is 0 Å². The molecular formula is C38H24N4. The van der Waals surface area contributed by atoms with Gasteiger partial charge in [-0.2, -0.15) is 0 Å². The number of para-hydroxylation sites is 3. The number of nitrogens with zero attached hydrogens (tertiary/aromatic N) is 4. The predicted molar refractivity (Wildman–Crippen MR) is 174 cm³/mol. The van der Waals surface area contributed by atoms with Crippen molar-refractivity contribution in [2.24, 2.45) is 0 Å². The van der Waals surface area contributed by atoms with Gasteiger partial charge in [-0.05, 0) is 53.9 Å². The summed E-state index contributed by atoms with van der Waals surface area (Å²) >= 11 is 0. The molecule has 0 saturated carbocycles. The normalized spacial score (nSPS) is 11.8. The van der Waals surface area contributed by atoms with Gasteiger partial charge in [0.2, 0.25) is 0 Å². The van der Waals surface area contributed by atoms with Crippen molar-refractivity contribution in [3.63, 3.8) is 0 Å². The zero-order valence-electron chi connectivity index (χ0n) is 22.6. The van der Waals surface area contributed by atoms with Gasteiger partial charge >= 0.3 is 0 Å². The summed E-state index contributed by atoms with van der Waals surface area (Å²) in [7, 11) is 0. The smallest absolute Gasteiger partial charge is 0.148 e. The van der Waals surface area contributed by atoms with Crippen LogP contribution in [0.5, 0.6) is 0 Å². The molecule has 0 spiro atoms. The van der Waals surface area contributed by atoms with E-state index in [0.29, 0.717) is 0 Å². The van der Waals surface area contributed by atoms with E-state index in [0.717, 1.165) is 55.7 Å². The summed E-state index contributed by atoms with van der Waals surface area (Å²) in [4.78, 5) is 10.2. The van der Waals surface area contributed by atoms with Crippen molar-refractivity contribution in [3.05, 3.63) is 146 Å². The van der Waals surface area contributed by atoms with Gasteiger partial charge in [0, 0.05) is 44.4 Å². The molecule has 9 rings (SSSR count). The van der Waals surface area contributed by atoms with E-state index < -0.39 is 0 Å². The number of rotatable bonds is 3. The first-order chi connectivity index (χ1) is 20.8. The van der Waals surface area contributed by atoms with Crippen molar-refractivity contribution in [1.29, 1.82) is 0 Å². The largest absolute Gasteiger partial charge is 0.294 e. The van der Waals surface area contributed by atoms with Crippen LogP contribution in [-0.2, 0) is 0 Å². The zero-order valence-corrected chi connectivity index (χ0v) is 22.6. The topological polar surface area (TPSA) is 35.6 Å². The Balaban J connectivity index is 1.33. The maximum absolute atomic E-state index is 5.39.